The van der Waals surface area contributed by atoms with E-state index in [0.29, 0.717) is 0 Å². The molecule has 0 saturated heterocycles. The molecule has 0 spiro atoms. The molecule has 0 aromatic heterocycles. The van der Waals surface area contributed by atoms with Gasteiger partial charge in [-0.05, 0) is 11.2 Å². The average molecular weight is 151 g/mol. The van der Waals surface area contributed by atoms with Crippen molar-refractivity contribution in [3.63, 3.8) is 0 Å². The highest BCUT2D eigenvalue weighted by Gasteiger charge is 2.10. The molecular formula is C4H4ClO2P. The Balaban J connectivity index is 2.85. The summed E-state index contributed by atoms with van der Waals surface area (Å²) < 4.78 is 15.3. The largest absolute Gasteiger partial charge is 0.472 e. The molecule has 0 amide bonds. The van der Waals surface area contributed by atoms with E-state index in [1.165, 1.54) is 24.2 Å². The van der Waals surface area contributed by atoms with E-state index in [9.17, 15) is 4.57 Å². The third-order valence-electron chi connectivity index (χ3n) is 0.685. The van der Waals surface area contributed by atoms with Crippen molar-refractivity contribution in [1.29, 1.82) is 0 Å². The van der Waals surface area contributed by atoms with Crippen molar-refractivity contribution in [2.75, 3.05) is 0 Å². The van der Waals surface area contributed by atoms with Crippen molar-refractivity contribution in [3.05, 3.63) is 24.2 Å². The summed E-state index contributed by atoms with van der Waals surface area (Å²) in [4.78, 5) is 0. The number of ether oxygens (including phenoxy) is 1. The summed E-state index contributed by atoms with van der Waals surface area (Å²) in [5.41, 5.74) is 0. The average Bonchev–Trinajstić information content (AvgIpc) is 1.65. The minimum Gasteiger partial charge on any atom is -0.472 e. The molecule has 0 aromatic rings. The third kappa shape index (κ3) is 1.39. The zero-order valence-electron chi connectivity index (χ0n) is 3.95. The molecule has 0 atom stereocenters. The predicted molar refractivity (Wildman–Crippen MR) is 32.8 cm³/mol. The molecule has 0 N–H and O–H groups in total. The first-order chi connectivity index (χ1) is 3.71. The van der Waals surface area contributed by atoms with E-state index in [1.54, 1.807) is 0 Å². The van der Waals surface area contributed by atoms with Gasteiger partial charge in [0.1, 0.15) is 0 Å². The Labute approximate surface area is 51.9 Å². The van der Waals surface area contributed by atoms with E-state index in [4.69, 9.17) is 11.2 Å². The first-order valence-corrected chi connectivity index (χ1v) is 4.76. The highest BCUT2D eigenvalue weighted by Crippen LogP contribution is 2.55. The van der Waals surface area contributed by atoms with Gasteiger partial charge in [0.25, 0.3) is 0 Å². The van der Waals surface area contributed by atoms with E-state index in [-0.39, 0.29) is 0 Å². The van der Waals surface area contributed by atoms with Crippen LogP contribution in [-0.4, -0.2) is 0 Å². The van der Waals surface area contributed by atoms with Gasteiger partial charge in [0.15, 0.2) is 0 Å². The SMILES string of the molecule is O=P1(Cl)C=COC=C1. The molecule has 1 heterocycles. The molecule has 0 unspecified atom stereocenters. The molecule has 1 rings (SSSR count). The van der Waals surface area contributed by atoms with Gasteiger partial charge in [0.2, 0.25) is 6.49 Å². The van der Waals surface area contributed by atoms with E-state index in [0.717, 1.165) is 0 Å². The van der Waals surface area contributed by atoms with Crippen LogP contribution in [0.3, 0.4) is 0 Å². The molecule has 2 nitrogen and oxygen atoms in total. The lowest BCUT2D eigenvalue weighted by atomic mass is 11.0. The van der Waals surface area contributed by atoms with E-state index >= 15 is 0 Å². The van der Waals surface area contributed by atoms with Gasteiger partial charge in [-0.1, -0.05) is 0 Å². The second kappa shape index (κ2) is 1.96. The molecule has 1 aliphatic rings. The number of halogens is 1. The van der Waals surface area contributed by atoms with Crippen molar-refractivity contribution in [2.45, 2.75) is 0 Å². The van der Waals surface area contributed by atoms with Gasteiger partial charge in [-0.25, -0.2) is 0 Å². The standard InChI is InChI=1S/C4H4ClO2P/c5-8(6)3-1-7-2-4-8/h1-4H. The Kier molecular flexibility index (Phi) is 1.45. The van der Waals surface area contributed by atoms with Crippen molar-refractivity contribution < 1.29 is 9.30 Å². The van der Waals surface area contributed by atoms with Crippen LogP contribution in [0.25, 0.3) is 0 Å². The Bertz CT molecular complexity index is 168. The highest BCUT2D eigenvalue weighted by molar-refractivity contribution is 7.94. The van der Waals surface area contributed by atoms with Gasteiger partial charge in [0.05, 0.1) is 12.5 Å². The summed E-state index contributed by atoms with van der Waals surface area (Å²) in [5.74, 6) is 2.68. The maximum atomic E-state index is 10.7. The summed E-state index contributed by atoms with van der Waals surface area (Å²) in [6, 6.07) is 0. The maximum absolute atomic E-state index is 10.7. The fourth-order valence-corrected chi connectivity index (χ4v) is 1.18. The van der Waals surface area contributed by atoms with Crippen LogP contribution in [0.4, 0.5) is 0 Å². The minimum atomic E-state index is -2.60. The van der Waals surface area contributed by atoms with Crippen molar-refractivity contribution >= 4 is 17.7 Å². The van der Waals surface area contributed by atoms with Crippen LogP contribution in [0.15, 0.2) is 24.2 Å². The second-order valence-electron chi connectivity index (χ2n) is 1.33. The van der Waals surface area contributed by atoms with Crippen LogP contribution < -0.4 is 0 Å². The molecule has 0 aliphatic carbocycles. The lowest BCUT2D eigenvalue weighted by Gasteiger charge is -2.00. The first kappa shape index (κ1) is 5.93. The monoisotopic (exact) mass is 150 g/mol. The van der Waals surface area contributed by atoms with Crippen LogP contribution in [0.5, 0.6) is 0 Å². The fourth-order valence-electron chi connectivity index (χ4n) is 0.331. The molecule has 0 fully saturated rings. The lowest BCUT2D eigenvalue weighted by molar-refractivity contribution is 0.402. The van der Waals surface area contributed by atoms with Crippen LogP contribution in [0.1, 0.15) is 0 Å². The normalized spacial score (nSPS) is 22.6. The molecule has 0 radical (unpaired) electrons. The second-order valence-corrected chi connectivity index (χ2v) is 4.76. The Morgan fingerprint density at radius 2 is 1.88 bits per heavy atom. The van der Waals surface area contributed by atoms with E-state index < -0.39 is 6.49 Å². The Morgan fingerprint density at radius 3 is 2.12 bits per heavy atom. The van der Waals surface area contributed by atoms with Gasteiger partial charge in [-0.3, -0.25) is 4.57 Å². The summed E-state index contributed by atoms with van der Waals surface area (Å²) in [6.07, 6.45) is 2.63. The summed E-state index contributed by atoms with van der Waals surface area (Å²) >= 11 is 5.37. The fraction of sp³-hybridized carbons (Fsp3) is 0. The van der Waals surface area contributed by atoms with Crippen molar-refractivity contribution in [3.8, 4) is 0 Å². The van der Waals surface area contributed by atoms with Gasteiger partial charge in [-0.15, -0.1) is 0 Å². The zero-order chi connectivity index (χ0) is 6.04. The van der Waals surface area contributed by atoms with E-state index in [2.05, 4.69) is 4.74 Å². The quantitative estimate of drug-likeness (QED) is 0.496. The Hall–Kier alpha value is -0.200. The highest BCUT2D eigenvalue weighted by atomic mass is 35.7. The molecule has 4 heteroatoms. The summed E-state index contributed by atoms with van der Waals surface area (Å²) in [5, 5.41) is 0. The number of hydrogen-bond acceptors (Lipinski definition) is 2. The van der Waals surface area contributed by atoms with Gasteiger partial charge in [-0.2, -0.15) is 0 Å². The van der Waals surface area contributed by atoms with Crippen molar-refractivity contribution in [2.24, 2.45) is 0 Å². The van der Waals surface area contributed by atoms with Crippen molar-refractivity contribution in [1.82, 2.24) is 0 Å². The third-order valence-corrected chi connectivity index (χ3v) is 2.42. The molecule has 0 aromatic carbocycles. The van der Waals surface area contributed by atoms with Gasteiger partial charge < -0.3 is 4.74 Å². The molecule has 0 bridgehead atoms. The topological polar surface area (TPSA) is 26.3 Å². The number of rotatable bonds is 0. The lowest BCUT2D eigenvalue weighted by Crippen LogP contribution is -1.71. The minimum absolute atomic E-state index is 1.31. The molecular weight excluding hydrogens is 146 g/mol. The van der Waals surface area contributed by atoms with Crippen LogP contribution in [0.2, 0.25) is 0 Å². The van der Waals surface area contributed by atoms with Gasteiger partial charge >= 0.3 is 0 Å². The van der Waals surface area contributed by atoms with Crippen LogP contribution in [-0.2, 0) is 9.30 Å². The summed E-state index contributed by atoms with van der Waals surface area (Å²) in [6.45, 7) is -2.60. The van der Waals surface area contributed by atoms with E-state index in [1.807, 2.05) is 0 Å². The molecule has 44 valence electrons. The Morgan fingerprint density at radius 1 is 1.38 bits per heavy atom. The number of hydrogen-bond donors (Lipinski definition) is 0. The predicted octanol–water partition coefficient (Wildman–Crippen LogP) is 2.48. The van der Waals surface area contributed by atoms with Crippen LogP contribution >= 0.6 is 17.7 Å². The van der Waals surface area contributed by atoms with Gasteiger partial charge in [0, 0.05) is 11.6 Å². The summed E-state index contributed by atoms with van der Waals surface area (Å²) in [7, 11) is 0. The molecule has 1 aliphatic heterocycles. The first-order valence-electron chi connectivity index (χ1n) is 2.01. The molecule has 0 saturated carbocycles. The maximum Gasteiger partial charge on any atom is 0.217 e. The smallest absolute Gasteiger partial charge is 0.217 e. The molecule has 8 heavy (non-hydrogen) atoms. The van der Waals surface area contributed by atoms with Crippen LogP contribution in [0, 0.1) is 0 Å². The zero-order valence-corrected chi connectivity index (χ0v) is 5.60.